The van der Waals surface area contributed by atoms with Crippen molar-refractivity contribution in [2.75, 3.05) is 19.8 Å². The Labute approximate surface area is 182 Å². The zero-order chi connectivity index (χ0) is 21.8. The van der Waals surface area contributed by atoms with Gasteiger partial charge in [-0.05, 0) is 61.5 Å². The van der Waals surface area contributed by atoms with E-state index in [4.69, 9.17) is 9.84 Å². The van der Waals surface area contributed by atoms with Crippen molar-refractivity contribution in [3.63, 3.8) is 0 Å². The molecule has 0 aromatic heterocycles. The summed E-state index contributed by atoms with van der Waals surface area (Å²) in [6, 6.07) is 8.77. The Morgan fingerprint density at radius 2 is 1.80 bits per heavy atom. The van der Waals surface area contributed by atoms with E-state index in [2.05, 4.69) is 37.8 Å². The number of ether oxygens (including phenoxy) is 1. The molecule has 1 aromatic carbocycles. The summed E-state index contributed by atoms with van der Waals surface area (Å²) in [7, 11) is 0. The van der Waals surface area contributed by atoms with Crippen LogP contribution in [-0.2, 0) is 9.53 Å². The number of aliphatic hydroxyl groups excluding tert-OH is 2. The molecule has 0 heterocycles. The van der Waals surface area contributed by atoms with Crippen molar-refractivity contribution in [3.8, 4) is 0 Å². The van der Waals surface area contributed by atoms with Gasteiger partial charge < -0.3 is 14.9 Å². The van der Waals surface area contributed by atoms with Gasteiger partial charge in [-0.25, -0.2) is 4.79 Å². The van der Waals surface area contributed by atoms with Gasteiger partial charge in [0.05, 0.1) is 18.8 Å². The molecule has 0 spiro atoms. The fraction of sp³-hybridized carbons (Fsp3) is 0.654. The van der Waals surface area contributed by atoms with E-state index < -0.39 is 12.6 Å². The third-order valence-corrected chi connectivity index (χ3v) is 6.55. The van der Waals surface area contributed by atoms with E-state index in [9.17, 15) is 9.90 Å². The molecule has 1 aliphatic carbocycles. The normalized spacial score (nSPS) is 20.0. The van der Waals surface area contributed by atoms with Gasteiger partial charge >= 0.3 is 5.97 Å². The molecule has 30 heavy (non-hydrogen) atoms. The molecule has 2 N–H and O–H groups in total. The molecule has 1 aromatic rings. The molecule has 0 amide bonds. The van der Waals surface area contributed by atoms with E-state index in [-0.39, 0.29) is 24.7 Å². The Hall–Kier alpha value is -1.65. The van der Waals surface area contributed by atoms with E-state index in [1.807, 2.05) is 0 Å². The van der Waals surface area contributed by atoms with Crippen molar-refractivity contribution in [2.45, 2.75) is 83.0 Å². The lowest BCUT2D eigenvalue weighted by atomic mass is 9.76. The summed E-state index contributed by atoms with van der Waals surface area (Å²) in [6.45, 7) is 5.74. The number of esters is 1. The van der Waals surface area contributed by atoms with Crippen LogP contribution < -0.4 is 0 Å². The quantitative estimate of drug-likeness (QED) is 0.253. The molecule has 0 radical (unpaired) electrons. The van der Waals surface area contributed by atoms with Gasteiger partial charge in [-0.2, -0.15) is 0 Å². The molecule has 1 unspecified atom stereocenters. The summed E-state index contributed by atoms with van der Waals surface area (Å²) < 4.78 is 5.33. The molecule has 0 bridgehead atoms. The van der Waals surface area contributed by atoms with Gasteiger partial charge in [0.2, 0.25) is 0 Å². The number of hydrogen-bond donors (Lipinski definition) is 2. The molecule has 1 saturated carbocycles. The summed E-state index contributed by atoms with van der Waals surface area (Å²) >= 11 is 0. The highest BCUT2D eigenvalue weighted by atomic mass is 16.5. The van der Waals surface area contributed by atoms with Gasteiger partial charge in [0.1, 0.15) is 0 Å². The van der Waals surface area contributed by atoms with Crippen LogP contribution in [-0.4, -0.2) is 36.0 Å². The van der Waals surface area contributed by atoms with Crippen LogP contribution in [0.15, 0.2) is 36.4 Å². The molecule has 1 aliphatic rings. The van der Waals surface area contributed by atoms with Crippen LogP contribution in [0.5, 0.6) is 0 Å². The average Bonchev–Trinajstić information content (AvgIpc) is 2.79. The standard InChI is InChI=1S/C26H40O4/c1-3-4-5-7-21-9-11-22(12-10-21)23-13-15-24(16-14-23)25(8-6-17-27)19-30-26(29)20(2)18-28/h13-16,21-22,25,27-28H,2-12,17-19H2,1H3. The van der Waals surface area contributed by atoms with E-state index in [1.54, 1.807) is 0 Å². The monoisotopic (exact) mass is 416 g/mol. The molecule has 168 valence electrons. The van der Waals surface area contributed by atoms with Crippen molar-refractivity contribution >= 4 is 5.97 Å². The lowest BCUT2D eigenvalue weighted by Gasteiger charge is -2.29. The molecule has 1 atom stereocenters. The molecule has 4 nitrogen and oxygen atoms in total. The van der Waals surface area contributed by atoms with Gasteiger partial charge in [0.15, 0.2) is 0 Å². The largest absolute Gasteiger partial charge is 0.462 e. The van der Waals surface area contributed by atoms with Crippen LogP contribution in [0.2, 0.25) is 0 Å². The maximum Gasteiger partial charge on any atom is 0.335 e. The maximum absolute atomic E-state index is 11.8. The summed E-state index contributed by atoms with van der Waals surface area (Å²) in [6.07, 6.45) is 12.1. The van der Waals surface area contributed by atoms with Gasteiger partial charge in [-0.1, -0.05) is 63.5 Å². The molecule has 0 saturated heterocycles. The minimum atomic E-state index is -0.557. The number of carbonyl (C=O) groups is 1. The number of aliphatic hydroxyl groups is 2. The van der Waals surface area contributed by atoms with E-state index in [0.717, 1.165) is 17.9 Å². The van der Waals surface area contributed by atoms with Crippen molar-refractivity contribution < 1.29 is 19.7 Å². The first-order chi connectivity index (χ1) is 14.6. The Bertz CT molecular complexity index is 629. The van der Waals surface area contributed by atoms with Gasteiger partial charge in [0.25, 0.3) is 0 Å². The minimum absolute atomic E-state index is 0.0379. The molecule has 2 rings (SSSR count). The third kappa shape index (κ3) is 7.88. The van der Waals surface area contributed by atoms with Crippen LogP contribution in [0.1, 0.15) is 94.1 Å². The van der Waals surface area contributed by atoms with Crippen molar-refractivity contribution in [2.24, 2.45) is 5.92 Å². The first-order valence-corrected chi connectivity index (χ1v) is 11.8. The lowest BCUT2D eigenvalue weighted by Crippen LogP contribution is -2.16. The Morgan fingerprint density at radius 1 is 1.10 bits per heavy atom. The summed E-state index contributed by atoms with van der Waals surface area (Å²) in [5.41, 5.74) is 2.61. The summed E-state index contributed by atoms with van der Waals surface area (Å²) in [5.74, 6) is 1.05. The first-order valence-electron chi connectivity index (χ1n) is 11.8. The second-order valence-corrected chi connectivity index (χ2v) is 8.80. The molecule has 1 fully saturated rings. The lowest BCUT2D eigenvalue weighted by molar-refractivity contribution is -0.140. The Morgan fingerprint density at radius 3 is 2.40 bits per heavy atom. The second-order valence-electron chi connectivity index (χ2n) is 8.80. The van der Waals surface area contributed by atoms with Crippen LogP contribution in [0.3, 0.4) is 0 Å². The van der Waals surface area contributed by atoms with Crippen LogP contribution in [0.4, 0.5) is 0 Å². The Kier molecular flexibility index (Phi) is 11.2. The number of hydrogen-bond acceptors (Lipinski definition) is 4. The smallest absolute Gasteiger partial charge is 0.335 e. The topological polar surface area (TPSA) is 66.8 Å². The highest BCUT2D eigenvalue weighted by Gasteiger charge is 2.22. The van der Waals surface area contributed by atoms with Crippen LogP contribution in [0.25, 0.3) is 0 Å². The second kappa shape index (κ2) is 13.6. The summed E-state index contributed by atoms with van der Waals surface area (Å²) in [4.78, 5) is 11.8. The molecule has 4 heteroatoms. The summed E-state index contributed by atoms with van der Waals surface area (Å²) in [5, 5.41) is 18.2. The van der Waals surface area contributed by atoms with Crippen molar-refractivity contribution in [3.05, 3.63) is 47.5 Å². The van der Waals surface area contributed by atoms with E-state index in [0.29, 0.717) is 12.3 Å². The van der Waals surface area contributed by atoms with Gasteiger partial charge in [0, 0.05) is 12.5 Å². The molecular weight excluding hydrogens is 376 g/mol. The fourth-order valence-electron chi connectivity index (χ4n) is 4.53. The van der Waals surface area contributed by atoms with E-state index >= 15 is 0 Å². The minimum Gasteiger partial charge on any atom is -0.462 e. The third-order valence-electron chi connectivity index (χ3n) is 6.55. The average molecular weight is 417 g/mol. The van der Waals surface area contributed by atoms with Crippen LogP contribution >= 0.6 is 0 Å². The zero-order valence-electron chi connectivity index (χ0n) is 18.7. The number of rotatable bonds is 13. The van der Waals surface area contributed by atoms with Crippen molar-refractivity contribution in [1.82, 2.24) is 0 Å². The number of carbonyl (C=O) groups excluding carboxylic acids is 1. The number of unbranched alkanes of at least 4 members (excludes halogenated alkanes) is 2. The van der Waals surface area contributed by atoms with Gasteiger partial charge in [-0.3, -0.25) is 0 Å². The van der Waals surface area contributed by atoms with Crippen molar-refractivity contribution in [1.29, 1.82) is 0 Å². The van der Waals surface area contributed by atoms with Gasteiger partial charge in [-0.15, -0.1) is 0 Å². The highest BCUT2D eigenvalue weighted by Crippen LogP contribution is 2.38. The molecule has 0 aliphatic heterocycles. The van der Waals surface area contributed by atoms with E-state index in [1.165, 1.54) is 56.9 Å². The van der Waals surface area contributed by atoms with Crippen LogP contribution in [0, 0.1) is 5.92 Å². The number of benzene rings is 1. The SMILES string of the molecule is C=C(CO)C(=O)OCC(CCCO)c1ccc(C2CCC(CCCCC)CC2)cc1. The predicted octanol–water partition coefficient (Wildman–Crippen LogP) is 5.49. The zero-order valence-corrected chi connectivity index (χ0v) is 18.7. The fourth-order valence-corrected chi connectivity index (χ4v) is 4.53. The predicted molar refractivity (Wildman–Crippen MR) is 122 cm³/mol. The first kappa shape index (κ1) is 24.6. The maximum atomic E-state index is 11.8. The molecular formula is C26H40O4. The Balaban J connectivity index is 1.91. The highest BCUT2D eigenvalue weighted by molar-refractivity contribution is 5.87.